The molecule has 0 aliphatic carbocycles. The second kappa shape index (κ2) is 12.0. The summed E-state index contributed by atoms with van der Waals surface area (Å²) in [6.07, 6.45) is 4.11. The summed E-state index contributed by atoms with van der Waals surface area (Å²) in [7, 11) is 0. The summed E-state index contributed by atoms with van der Waals surface area (Å²) in [5.41, 5.74) is 0.398. The van der Waals surface area contributed by atoms with Gasteiger partial charge in [0.05, 0.1) is 18.8 Å². The van der Waals surface area contributed by atoms with Crippen LogP contribution in [0.2, 0.25) is 0 Å². The molecule has 0 heterocycles. The van der Waals surface area contributed by atoms with Crippen LogP contribution in [0.25, 0.3) is 0 Å². The fraction of sp³-hybridized carbons (Fsp3) is 0.217. The third-order valence-corrected chi connectivity index (χ3v) is 3.72. The molecule has 6 nitrogen and oxygen atoms in total. The van der Waals surface area contributed by atoms with E-state index in [2.05, 4.69) is 13.2 Å². The summed E-state index contributed by atoms with van der Waals surface area (Å²) in [5, 5.41) is 0. The van der Waals surface area contributed by atoms with Gasteiger partial charge in [-0.1, -0.05) is 31.4 Å². The van der Waals surface area contributed by atoms with Gasteiger partial charge < -0.3 is 18.9 Å². The predicted molar refractivity (Wildman–Crippen MR) is 109 cm³/mol. The number of ether oxygens (including phenoxy) is 4. The van der Waals surface area contributed by atoms with Crippen LogP contribution in [0, 0.1) is 0 Å². The second-order valence-corrected chi connectivity index (χ2v) is 5.89. The summed E-state index contributed by atoms with van der Waals surface area (Å²) in [4.78, 5) is 23.4. The first-order valence-corrected chi connectivity index (χ1v) is 9.21. The van der Waals surface area contributed by atoms with E-state index in [9.17, 15) is 9.59 Å². The first-order valence-electron chi connectivity index (χ1n) is 9.21. The zero-order valence-electron chi connectivity index (χ0n) is 16.2. The predicted octanol–water partition coefficient (Wildman–Crippen LogP) is 4.36. The highest BCUT2D eigenvalue weighted by molar-refractivity contribution is 5.91. The maximum atomic E-state index is 12.4. The standard InChI is InChI=1S/C23H24O6/c1-3-15-26-19-13-11-18(12-14-19)23(25)29-21-10-6-5-9-20(21)27-16-7-8-17-28-22(24)4-2/h3-6,9-14H,1-2,7-8,15-17H2. The van der Waals surface area contributed by atoms with E-state index < -0.39 is 11.9 Å². The van der Waals surface area contributed by atoms with Gasteiger partial charge >= 0.3 is 11.9 Å². The van der Waals surface area contributed by atoms with E-state index in [0.29, 0.717) is 55.5 Å². The van der Waals surface area contributed by atoms with Crippen LogP contribution >= 0.6 is 0 Å². The van der Waals surface area contributed by atoms with Crippen molar-refractivity contribution in [1.29, 1.82) is 0 Å². The van der Waals surface area contributed by atoms with Gasteiger partial charge in [0.1, 0.15) is 12.4 Å². The Balaban J connectivity index is 1.86. The number of carbonyl (C=O) groups is 2. The van der Waals surface area contributed by atoms with Crippen LogP contribution in [0.5, 0.6) is 17.2 Å². The first-order chi connectivity index (χ1) is 14.1. The summed E-state index contributed by atoms with van der Waals surface area (Å²) in [5.74, 6) is 0.512. The normalized spacial score (nSPS) is 9.93. The molecule has 2 aromatic carbocycles. The number of esters is 2. The monoisotopic (exact) mass is 396 g/mol. The lowest BCUT2D eigenvalue weighted by atomic mass is 10.2. The quantitative estimate of drug-likeness (QED) is 0.175. The minimum atomic E-state index is -0.493. The molecule has 0 atom stereocenters. The zero-order valence-corrected chi connectivity index (χ0v) is 16.2. The van der Waals surface area contributed by atoms with Gasteiger partial charge in [-0.25, -0.2) is 9.59 Å². The molecule has 0 bridgehead atoms. The topological polar surface area (TPSA) is 71.1 Å². The molecule has 6 heteroatoms. The van der Waals surface area contributed by atoms with Crippen LogP contribution in [0.4, 0.5) is 0 Å². The van der Waals surface area contributed by atoms with Crippen molar-refractivity contribution in [3.05, 3.63) is 79.4 Å². The number of para-hydroxylation sites is 2. The van der Waals surface area contributed by atoms with Crippen molar-refractivity contribution in [3.8, 4) is 17.2 Å². The smallest absolute Gasteiger partial charge is 0.343 e. The molecule has 0 aliphatic rings. The lowest BCUT2D eigenvalue weighted by molar-refractivity contribution is -0.137. The van der Waals surface area contributed by atoms with Crippen LogP contribution in [0.15, 0.2) is 73.8 Å². The molecule has 0 unspecified atom stereocenters. The minimum Gasteiger partial charge on any atom is -0.490 e. The number of hydrogen-bond donors (Lipinski definition) is 0. The van der Waals surface area contributed by atoms with E-state index in [-0.39, 0.29) is 0 Å². The largest absolute Gasteiger partial charge is 0.490 e. The Kier molecular flexibility index (Phi) is 9.02. The van der Waals surface area contributed by atoms with Gasteiger partial charge in [0.2, 0.25) is 0 Å². The van der Waals surface area contributed by atoms with Gasteiger partial charge in [0, 0.05) is 6.08 Å². The van der Waals surface area contributed by atoms with E-state index in [4.69, 9.17) is 18.9 Å². The second-order valence-electron chi connectivity index (χ2n) is 5.89. The molecule has 152 valence electrons. The minimum absolute atomic E-state index is 0.303. The molecular weight excluding hydrogens is 372 g/mol. The zero-order chi connectivity index (χ0) is 20.9. The summed E-state index contributed by atoms with van der Waals surface area (Å²) < 4.78 is 21.5. The maximum Gasteiger partial charge on any atom is 0.343 e. The van der Waals surface area contributed by atoms with Crippen LogP contribution in [0.3, 0.4) is 0 Å². The van der Waals surface area contributed by atoms with Crippen LogP contribution in [-0.2, 0) is 9.53 Å². The lowest BCUT2D eigenvalue weighted by Gasteiger charge is -2.12. The Bertz CT molecular complexity index is 826. The van der Waals surface area contributed by atoms with Gasteiger partial charge in [-0.3, -0.25) is 0 Å². The third kappa shape index (κ3) is 7.54. The molecule has 2 rings (SSSR count). The van der Waals surface area contributed by atoms with E-state index in [0.717, 1.165) is 6.08 Å². The van der Waals surface area contributed by atoms with E-state index >= 15 is 0 Å². The average Bonchev–Trinajstić information content (AvgIpc) is 2.75. The molecule has 0 fully saturated rings. The van der Waals surface area contributed by atoms with Crippen molar-refractivity contribution < 1.29 is 28.5 Å². The molecule has 0 amide bonds. The Morgan fingerprint density at radius 2 is 1.55 bits per heavy atom. The van der Waals surface area contributed by atoms with Gasteiger partial charge in [-0.15, -0.1) is 0 Å². The van der Waals surface area contributed by atoms with Crippen molar-refractivity contribution in [2.45, 2.75) is 12.8 Å². The van der Waals surface area contributed by atoms with E-state index in [1.807, 2.05) is 0 Å². The molecule has 0 N–H and O–H groups in total. The van der Waals surface area contributed by atoms with Crippen LogP contribution in [0.1, 0.15) is 23.2 Å². The van der Waals surface area contributed by atoms with Crippen molar-refractivity contribution in [2.75, 3.05) is 19.8 Å². The molecule has 0 spiro atoms. The third-order valence-electron chi connectivity index (χ3n) is 3.72. The van der Waals surface area contributed by atoms with Gasteiger partial charge in [0.25, 0.3) is 0 Å². The number of benzene rings is 2. The van der Waals surface area contributed by atoms with Crippen molar-refractivity contribution >= 4 is 11.9 Å². The summed E-state index contributed by atoms with van der Waals surface area (Å²) >= 11 is 0. The van der Waals surface area contributed by atoms with Gasteiger partial charge in [-0.05, 0) is 49.2 Å². The highest BCUT2D eigenvalue weighted by Gasteiger charge is 2.12. The Morgan fingerprint density at radius 1 is 0.862 bits per heavy atom. The molecule has 0 aromatic heterocycles. The van der Waals surface area contributed by atoms with Crippen LogP contribution < -0.4 is 14.2 Å². The molecule has 0 radical (unpaired) electrons. The van der Waals surface area contributed by atoms with Crippen LogP contribution in [-0.4, -0.2) is 31.8 Å². The highest BCUT2D eigenvalue weighted by Crippen LogP contribution is 2.27. The Labute approximate surface area is 170 Å². The molecule has 0 aliphatic heterocycles. The Hall–Kier alpha value is -3.54. The number of hydrogen-bond acceptors (Lipinski definition) is 6. The first kappa shape index (κ1) is 21.8. The Morgan fingerprint density at radius 3 is 2.24 bits per heavy atom. The van der Waals surface area contributed by atoms with Crippen molar-refractivity contribution in [1.82, 2.24) is 0 Å². The highest BCUT2D eigenvalue weighted by atomic mass is 16.6. The number of rotatable bonds is 12. The molecule has 2 aromatic rings. The fourth-order valence-corrected chi connectivity index (χ4v) is 2.27. The molecular formula is C23H24O6. The van der Waals surface area contributed by atoms with Gasteiger partial charge in [-0.2, -0.15) is 0 Å². The lowest BCUT2D eigenvalue weighted by Crippen LogP contribution is -2.10. The average molecular weight is 396 g/mol. The van der Waals surface area contributed by atoms with Gasteiger partial charge in [0.15, 0.2) is 11.5 Å². The fourth-order valence-electron chi connectivity index (χ4n) is 2.27. The van der Waals surface area contributed by atoms with E-state index in [1.165, 1.54) is 0 Å². The maximum absolute atomic E-state index is 12.4. The number of unbranched alkanes of at least 4 members (excludes halogenated alkanes) is 1. The van der Waals surface area contributed by atoms with Crippen molar-refractivity contribution in [2.24, 2.45) is 0 Å². The number of carbonyl (C=O) groups excluding carboxylic acids is 2. The van der Waals surface area contributed by atoms with E-state index in [1.54, 1.807) is 54.6 Å². The molecule has 0 saturated heterocycles. The van der Waals surface area contributed by atoms with Crippen molar-refractivity contribution in [3.63, 3.8) is 0 Å². The summed E-state index contributed by atoms with van der Waals surface area (Å²) in [6, 6.07) is 13.6. The SMILES string of the molecule is C=CCOc1ccc(C(=O)Oc2ccccc2OCCCCOC(=O)C=C)cc1. The molecule has 0 saturated carbocycles. The molecule has 29 heavy (non-hydrogen) atoms. The summed E-state index contributed by atoms with van der Waals surface area (Å²) in [6.45, 7) is 8.02.